The Kier molecular flexibility index (Phi) is 10.2. The summed E-state index contributed by atoms with van der Waals surface area (Å²) in [6.07, 6.45) is 0. The first kappa shape index (κ1) is 21.9. The van der Waals surface area contributed by atoms with Crippen LogP contribution < -0.4 is 15.8 Å². The van der Waals surface area contributed by atoms with Crippen LogP contribution in [-0.2, 0) is 10.0 Å². The van der Waals surface area contributed by atoms with E-state index < -0.39 is 10.0 Å². The highest BCUT2D eigenvalue weighted by Gasteiger charge is 2.17. The van der Waals surface area contributed by atoms with Gasteiger partial charge in [-0.15, -0.1) is 24.0 Å². The molecule has 0 bridgehead atoms. The first-order chi connectivity index (χ1) is 10.4. The Bertz CT molecular complexity index is 604. The van der Waals surface area contributed by atoms with E-state index >= 15 is 0 Å². The highest BCUT2D eigenvalue weighted by molar-refractivity contribution is 14.0. The quantitative estimate of drug-likeness (QED) is 0.353. The summed E-state index contributed by atoms with van der Waals surface area (Å²) in [7, 11) is -1.73. The lowest BCUT2D eigenvalue weighted by atomic mass is 10.3. The average Bonchev–Trinajstić information content (AvgIpc) is 2.48. The van der Waals surface area contributed by atoms with Crippen LogP contribution in [0.25, 0.3) is 0 Å². The number of benzene rings is 1. The number of sulfonamides is 1. The molecule has 7 nitrogen and oxygen atoms in total. The number of rotatable bonds is 8. The second kappa shape index (κ2) is 10.7. The van der Waals surface area contributed by atoms with Crippen molar-refractivity contribution in [2.75, 3.05) is 37.8 Å². The maximum atomic E-state index is 12.0. The Morgan fingerprint density at radius 1 is 1.30 bits per heavy atom. The lowest BCUT2D eigenvalue weighted by Crippen LogP contribution is -2.34. The normalized spacial score (nSPS) is 11.9. The van der Waals surface area contributed by atoms with Gasteiger partial charge < -0.3 is 15.8 Å². The molecule has 1 aromatic rings. The predicted octanol–water partition coefficient (Wildman–Crippen LogP) is 1.71. The van der Waals surface area contributed by atoms with Gasteiger partial charge in [-0.2, -0.15) is 0 Å². The van der Waals surface area contributed by atoms with E-state index in [9.17, 15) is 8.42 Å². The summed E-state index contributed by atoms with van der Waals surface area (Å²) < 4.78 is 30.6. The summed E-state index contributed by atoms with van der Waals surface area (Å²) in [5.41, 5.74) is 6.45. The fraction of sp³-hybridized carbons (Fsp3) is 0.500. The molecule has 0 heterocycles. The highest BCUT2D eigenvalue weighted by Crippen LogP contribution is 2.22. The molecule has 0 radical (unpaired) electrons. The van der Waals surface area contributed by atoms with Gasteiger partial charge in [0.15, 0.2) is 5.96 Å². The number of nitrogens with zero attached hydrogens (tertiary/aromatic N) is 2. The molecular formula is C14H25IN4O3S. The molecule has 0 spiro atoms. The van der Waals surface area contributed by atoms with E-state index in [1.54, 1.807) is 19.2 Å². The molecule has 0 amide bonds. The van der Waals surface area contributed by atoms with Crippen molar-refractivity contribution in [1.82, 2.24) is 4.31 Å². The van der Waals surface area contributed by atoms with Gasteiger partial charge in [-0.05, 0) is 12.1 Å². The third-order valence-electron chi connectivity index (χ3n) is 3.10. The van der Waals surface area contributed by atoms with Gasteiger partial charge in [-0.25, -0.2) is 12.7 Å². The maximum absolute atomic E-state index is 12.0. The number of halogens is 1. The number of hydrogen-bond donors (Lipinski definition) is 2. The fourth-order valence-corrected chi connectivity index (χ4v) is 3.32. The number of anilines is 1. The topological polar surface area (TPSA) is 97.0 Å². The van der Waals surface area contributed by atoms with Crippen LogP contribution in [0.2, 0.25) is 0 Å². The first-order valence-electron chi connectivity index (χ1n) is 7.12. The molecule has 0 saturated carbocycles. The summed E-state index contributed by atoms with van der Waals surface area (Å²) in [5.74, 6) is 0.721. The van der Waals surface area contributed by atoms with E-state index in [0.717, 1.165) is 0 Å². The zero-order valence-electron chi connectivity index (χ0n) is 13.7. The van der Waals surface area contributed by atoms with Crippen LogP contribution in [-0.4, -0.2) is 51.2 Å². The van der Waals surface area contributed by atoms with Crippen LogP contribution in [0, 0.1) is 0 Å². The van der Waals surface area contributed by atoms with Crippen molar-refractivity contribution in [3.8, 4) is 5.75 Å². The Balaban J connectivity index is 0.00000484. The van der Waals surface area contributed by atoms with Crippen LogP contribution in [0.5, 0.6) is 5.75 Å². The summed E-state index contributed by atoms with van der Waals surface area (Å²) in [6.45, 7) is 4.63. The Morgan fingerprint density at radius 2 is 1.91 bits per heavy atom. The molecule has 23 heavy (non-hydrogen) atoms. The van der Waals surface area contributed by atoms with Crippen molar-refractivity contribution in [1.29, 1.82) is 0 Å². The summed E-state index contributed by atoms with van der Waals surface area (Å²) in [5, 5.41) is 2.90. The van der Waals surface area contributed by atoms with E-state index in [2.05, 4.69) is 10.3 Å². The highest BCUT2D eigenvalue weighted by atomic mass is 127. The zero-order valence-corrected chi connectivity index (χ0v) is 16.8. The second-order valence-electron chi connectivity index (χ2n) is 4.49. The number of hydrogen-bond acceptors (Lipinski definition) is 4. The summed E-state index contributed by atoms with van der Waals surface area (Å²) in [4.78, 5) is 4.05. The van der Waals surface area contributed by atoms with Crippen LogP contribution in [0.3, 0.4) is 0 Å². The number of nitrogens with one attached hydrogen (secondary N) is 1. The smallest absolute Gasteiger partial charge is 0.215 e. The van der Waals surface area contributed by atoms with E-state index in [-0.39, 0.29) is 42.2 Å². The molecular weight excluding hydrogens is 431 g/mol. The number of aliphatic imine (C=N–C) groups is 1. The maximum Gasteiger partial charge on any atom is 0.215 e. The van der Waals surface area contributed by atoms with Gasteiger partial charge in [0.05, 0.1) is 25.1 Å². The van der Waals surface area contributed by atoms with E-state index in [0.29, 0.717) is 24.5 Å². The van der Waals surface area contributed by atoms with Gasteiger partial charge in [-0.1, -0.05) is 26.0 Å². The zero-order chi connectivity index (χ0) is 16.6. The number of ether oxygens (including phenoxy) is 1. The molecule has 0 fully saturated rings. The predicted molar refractivity (Wildman–Crippen MR) is 105 cm³/mol. The Hall–Kier alpha value is -1.07. The molecule has 0 aromatic heterocycles. The summed E-state index contributed by atoms with van der Waals surface area (Å²) >= 11 is 0. The Morgan fingerprint density at radius 3 is 2.48 bits per heavy atom. The van der Waals surface area contributed by atoms with E-state index in [1.807, 2.05) is 26.0 Å². The Labute approximate surface area is 155 Å². The minimum atomic E-state index is -3.29. The molecule has 0 aliphatic heterocycles. The van der Waals surface area contributed by atoms with Crippen molar-refractivity contribution in [3.63, 3.8) is 0 Å². The second-order valence-corrected chi connectivity index (χ2v) is 6.58. The van der Waals surface area contributed by atoms with E-state index in [4.69, 9.17) is 10.5 Å². The van der Waals surface area contributed by atoms with Crippen molar-refractivity contribution in [2.24, 2.45) is 10.7 Å². The van der Waals surface area contributed by atoms with Gasteiger partial charge in [0, 0.05) is 13.1 Å². The molecule has 1 rings (SSSR count). The largest absolute Gasteiger partial charge is 0.495 e. The molecule has 0 saturated heterocycles. The molecule has 3 N–H and O–H groups in total. The molecule has 0 aliphatic carbocycles. The van der Waals surface area contributed by atoms with Crippen LogP contribution >= 0.6 is 24.0 Å². The monoisotopic (exact) mass is 456 g/mol. The van der Waals surface area contributed by atoms with Crippen molar-refractivity contribution in [3.05, 3.63) is 24.3 Å². The van der Waals surface area contributed by atoms with Crippen molar-refractivity contribution in [2.45, 2.75) is 13.8 Å². The lowest BCUT2D eigenvalue weighted by molar-refractivity contribution is 0.417. The minimum Gasteiger partial charge on any atom is -0.495 e. The summed E-state index contributed by atoms with van der Waals surface area (Å²) in [6, 6.07) is 7.27. The van der Waals surface area contributed by atoms with Gasteiger partial charge >= 0.3 is 0 Å². The fourth-order valence-electron chi connectivity index (χ4n) is 1.95. The number of nitrogens with two attached hydrogens (primary N) is 1. The van der Waals surface area contributed by atoms with E-state index in [1.165, 1.54) is 4.31 Å². The molecule has 9 heteroatoms. The number of para-hydroxylation sites is 2. The van der Waals surface area contributed by atoms with Crippen LogP contribution in [0.15, 0.2) is 29.3 Å². The van der Waals surface area contributed by atoms with Gasteiger partial charge in [0.25, 0.3) is 0 Å². The number of methoxy groups -OCH3 is 1. The van der Waals surface area contributed by atoms with Crippen molar-refractivity contribution < 1.29 is 13.2 Å². The van der Waals surface area contributed by atoms with Gasteiger partial charge in [0.2, 0.25) is 10.0 Å². The third-order valence-corrected chi connectivity index (χ3v) is 5.10. The molecule has 0 unspecified atom stereocenters. The van der Waals surface area contributed by atoms with Gasteiger partial charge in [-0.3, -0.25) is 4.99 Å². The first-order valence-corrected chi connectivity index (χ1v) is 8.73. The molecule has 132 valence electrons. The minimum absolute atomic E-state index is 0. The van der Waals surface area contributed by atoms with Crippen LogP contribution in [0.4, 0.5) is 5.69 Å². The average molecular weight is 456 g/mol. The van der Waals surface area contributed by atoms with Gasteiger partial charge in [0.1, 0.15) is 5.75 Å². The molecule has 1 aromatic carbocycles. The lowest BCUT2D eigenvalue weighted by Gasteiger charge is -2.17. The SMILES string of the molecule is CCN(CC)S(=O)(=O)CCN=C(N)Nc1ccccc1OC.I. The van der Waals surface area contributed by atoms with Crippen LogP contribution in [0.1, 0.15) is 13.8 Å². The third kappa shape index (κ3) is 6.92. The standard InChI is InChI=1S/C14H24N4O3S.HI/c1-4-18(5-2)22(19,20)11-10-16-14(15)17-12-8-6-7-9-13(12)21-3;/h6-9H,4-5,10-11H2,1-3H3,(H3,15,16,17);1H. The molecule has 0 atom stereocenters. The molecule has 0 aliphatic rings. The number of guanidine groups is 1. The van der Waals surface area contributed by atoms with Crippen molar-refractivity contribution >= 4 is 45.6 Å².